The van der Waals surface area contributed by atoms with Crippen molar-refractivity contribution in [2.75, 3.05) is 31.1 Å². The lowest BCUT2D eigenvalue weighted by Crippen LogP contribution is -2.51. The van der Waals surface area contributed by atoms with Crippen LogP contribution in [0.1, 0.15) is 33.6 Å². The molecule has 0 aromatic rings. The Kier molecular flexibility index (Phi) is 5.71. The van der Waals surface area contributed by atoms with Crippen molar-refractivity contribution >= 4 is 15.9 Å². The Balaban J connectivity index is 1.72. The number of nitrogens with one attached hydrogen (secondary N) is 2. The molecule has 2 saturated heterocycles. The fourth-order valence-corrected chi connectivity index (χ4v) is 5.41. The smallest absolute Gasteiger partial charge is 0.315 e. The average molecular weight is 331 g/mol. The van der Waals surface area contributed by atoms with E-state index in [4.69, 9.17) is 0 Å². The number of hydrogen-bond acceptors (Lipinski definition) is 4. The quantitative estimate of drug-likeness (QED) is 0.800. The zero-order valence-electron chi connectivity index (χ0n) is 13.8. The number of amides is 2. The molecule has 2 aliphatic rings. The van der Waals surface area contributed by atoms with Crippen molar-refractivity contribution in [2.45, 2.75) is 45.7 Å². The molecule has 7 heteroatoms. The first-order valence-electron chi connectivity index (χ1n) is 8.23. The molecule has 22 heavy (non-hydrogen) atoms. The molecular formula is C15H29N3O3S. The molecule has 2 heterocycles. The third-order valence-electron chi connectivity index (χ3n) is 4.42. The largest absolute Gasteiger partial charge is 0.334 e. The van der Waals surface area contributed by atoms with Gasteiger partial charge in [-0.3, -0.25) is 0 Å². The number of urea groups is 1. The number of likely N-dealkylation sites (tertiary alicyclic amines) is 1. The summed E-state index contributed by atoms with van der Waals surface area (Å²) < 4.78 is 22.8. The van der Waals surface area contributed by atoms with Crippen LogP contribution in [0.3, 0.4) is 0 Å². The van der Waals surface area contributed by atoms with E-state index in [1.54, 1.807) is 0 Å². The molecule has 0 aromatic heterocycles. The van der Waals surface area contributed by atoms with Crippen LogP contribution in [0.15, 0.2) is 0 Å². The van der Waals surface area contributed by atoms with E-state index in [2.05, 4.69) is 29.4 Å². The molecule has 0 bridgehead atoms. The second-order valence-corrected chi connectivity index (χ2v) is 9.51. The topological polar surface area (TPSA) is 78.5 Å². The Morgan fingerprint density at radius 2 is 1.91 bits per heavy atom. The molecule has 6 nitrogen and oxygen atoms in total. The first-order valence-corrected chi connectivity index (χ1v) is 10.1. The average Bonchev–Trinajstić information content (AvgIpc) is 2.66. The van der Waals surface area contributed by atoms with E-state index in [0.29, 0.717) is 18.3 Å². The van der Waals surface area contributed by atoms with Gasteiger partial charge in [-0.15, -0.1) is 0 Å². The van der Waals surface area contributed by atoms with E-state index in [1.165, 1.54) is 6.42 Å². The number of carbonyl (C=O) groups is 1. The van der Waals surface area contributed by atoms with Crippen LogP contribution in [0.4, 0.5) is 4.79 Å². The highest BCUT2D eigenvalue weighted by Gasteiger charge is 2.29. The van der Waals surface area contributed by atoms with Gasteiger partial charge in [0.05, 0.1) is 11.5 Å². The molecule has 2 amide bonds. The molecule has 0 spiro atoms. The molecule has 2 fully saturated rings. The Bertz CT molecular complexity index is 484. The van der Waals surface area contributed by atoms with Crippen molar-refractivity contribution in [3.05, 3.63) is 0 Å². The Morgan fingerprint density at radius 1 is 1.27 bits per heavy atom. The molecular weight excluding hydrogens is 302 g/mol. The van der Waals surface area contributed by atoms with Crippen LogP contribution in [0.25, 0.3) is 0 Å². The maximum Gasteiger partial charge on any atom is 0.315 e. The summed E-state index contributed by atoms with van der Waals surface area (Å²) in [6.07, 6.45) is 1.79. The van der Waals surface area contributed by atoms with Gasteiger partial charge in [-0.25, -0.2) is 13.2 Å². The minimum atomic E-state index is -2.96. The molecule has 4 atom stereocenters. The third kappa shape index (κ3) is 5.43. The van der Waals surface area contributed by atoms with E-state index in [9.17, 15) is 13.2 Å². The van der Waals surface area contributed by atoms with Gasteiger partial charge in [0.15, 0.2) is 9.84 Å². The second-order valence-electron chi connectivity index (χ2n) is 7.28. The number of rotatable bonds is 4. The SMILES string of the molecule is C[C@@H]1C[C@H](C)CN(C[C@@H](C)NC(=O)N[C@H]2CCS(=O)(=O)C2)C1. The number of carbonyl (C=O) groups excluding carboxylic acids is 1. The zero-order valence-corrected chi connectivity index (χ0v) is 14.7. The van der Waals surface area contributed by atoms with Crippen molar-refractivity contribution in [3.8, 4) is 0 Å². The molecule has 2 aliphatic heterocycles. The van der Waals surface area contributed by atoms with E-state index in [-0.39, 0.29) is 29.6 Å². The van der Waals surface area contributed by atoms with Gasteiger partial charge in [0.1, 0.15) is 0 Å². The molecule has 2 rings (SSSR count). The van der Waals surface area contributed by atoms with E-state index >= 15 is 0 Å². The highest BCUT2D eigenvalue weighted by Crippen LogP contribution is 2.20. The molecule has 0 radical (unpaired) electrons. The van der Waals surface area contributed by atoms with Gasteiger partial charge in [-0.05, 0) is 31.6 Å². The van der Waals surface area contributed by atoms with Gasteiger partial charge in [0.2, 0.25) is 0 Å². The van der Waals surface area contributed by atoms with Crippen molar-refractivity contribution in [2.24, 2.45) is 11.8 Å². The summed E-state index contributed by atoms with van der Waals surface area (Å²) in [5, 5.41) is 5.70. The summed E-state index contributed by atoms with van der Waals surface area (Å²) in [6, 6.07) is -0.449. The summed E-state index contributed by atoms with van der Waals surface area (Å²) in [5.74, 6) is 1.65. The van der Waals surface area contributed by atoms with Crippen LogP contribution >= 0.6 is 0 Å². The maximum absolute atomic E-state index is 12.0. The number of sulfone groups is 1. The van der Waals surface area contributed by atoms with Gasteiger partial charge in [-0.2, -0.15) is 0 Å². The fourth-order valence-electron chi connectivity index (χ4n) is 3.73. The van der Waals surface area contributed by atoms with Crippen molar-refractivity contribution in [1.82, 2.24) is 15.5 Å². The molecule has 0 saturated carbocycles. The first kappa shape index (κ1) is 17.5. The second kappa shape index (κ2) is 7.17. The predicted molar refractivity (Wildman–Crippen MR) is 87.6 cm³/mol. The lowest BCUT2D eigenvalue weighted by Gasteiger charge is -2.36. The summed E-state index contributed by atoms with van der Waals surface area (Å²) in [7, 11) is -2.96. The van der Waals surface area contributed by atoms with E-state index in [1.807, 2.05) is 6.92 Å². The van der Waals surface area contributed by atoms with Gasteiger partial charge in [-0.1, -0.05) is 13.8 Å². The lowest BCUT2D eigenvalue weighted by atomic mass is 9.92. The lowest BCUT2D eigenvalue weighted by molar-refractivity contribution is 0.131. The van der Waals surface area contributed by atoms with Crippen LogP contribution in [0, 0.1) is 11.8 Å². The standard InChI is InChI=1S/C15H29N3O3S/c1-11-6-12(2)8-18(7-11)9-13(3)16-15(19)17-14-4-5-22(20,21)10-14/h11-14H,4-10H2,1-3H3,(H2,16,17,19)/t11-,12+,13-,14+/m1/s1. The molecule has 128 valence electrons. The number of nitrogens with zero attached hydrogens (tertiary/aromatic N) is 1. The number of hydrogen-bond donors (Lipinski definition) is 2. The van der Waals surface area contributed by atoms with Gasteiger partial charge in [0.25, 0.3) is 0 Å². The minimum absolute atomic E-state index is 0.0514. The Morgan fingerprint density at radius 3 is 2.45 bits per heavy atom. The molecule has 0 aromatic carbocycles. The van der Waals surface area contributed by atoms with Gasteiger partial charge < -0.3 is 15.5 Å². The third-order valence-corrected chi connectivity index (χ3v) is 6.19. The molecule has 2 N–H and O–H groups in total. The van der Waals surface area contributed by atoms with Gasteiger partial charge in [0, 0.05) is 31.7 Å². The van der Waals surface area contributed by atoms with Crippen LogP contribution in [-0.4, -0.2) is 62.6 Å². The fraction of sp³-hybridized carbons (Fsp3) is 0.933. The van der Waals surface area contributed by atoms with Gasteiger partial charge >= 0.3 is 6.03 Å². The summed E-state index contributed by atoms with van der Waals surface area (Å²) in [4.78, 5) is 14.4. The van der Waals surface area contributed by atoms with Crippen LogP contribution in [0.2, 0.25) is 0 Å². The van der Waals surface area contributed by atoms with Crippen LogP contribution < -0.4 is 10.6 Å². The highest BCUT2D eigenvalue weighted by atomic mass is 32.2. The Hall–Kier alpha value is -0.820. The van der Waals surface area contributed by atoms with Crippen LogP contribution in [0.5, 0.6) is 0 Å². The summed E-state index contributed by atoms with van der Waals surface area (Å²) >= 11 is 0. The maximum atomic E-state index is 12.0. The minimum Gasteiger partial charge on any atom is -0.334 e. The molecule has 0 unspecified atom stereocenters. The van der Waals surface area contributed by atoms with Crippen LogP contribution in [-0.2, 0) is 9.84 Å². The van der Waals surface area contributed by atoms with E-state index in [0.717, 1.165) is 19.6 Å². The normalized spacial score (nSPS) is 33.3. The van der Waals surface area contributed by atoms with Crippen molar-refractivity contribution in [3.63, 3.8) is 0 Å². The zero-order chi connectivity index (χ0) is 16.3. The first-order chi connectivity index (χ1) is 10.2. The monoisotopic (exact) mass is 331 g/mol. The predicted octanol–water partition coefficient (Wildman–Crippen LogP) is 0.839. The highest BCUT2D eigenvalue weighted by molar-refractivity contribution is 7.91. The summed E-state index contributed by atoms with van der Waals surface area (Å²) in [5.41, 5.74) is 0. The number of piperidine rings is 1. The molecule has 0 aliphatic carbocycles. The Labute approximate surface area is 133 Å². The summed E-state index contributed by atoms with van der Waals surface area (Å²) in [6.45, 7) is 9.54. The van der Waals surface area contributed by atoms with Crippen molar-refractivity contribution < 1.29 is 13.2 Å². The van der Waals surface area contributed by atoms with E-state index < -0.39 is 9.84 Å². The van der Waals surface area contributed by atoms with Crippen molar-refractivity contribution in [1.29, 1.82) is 0 Å².